The van der Waals surface area contributed by atoms with E-state index in [1.54, 1.807) is 37.3 Å². The molecule has 0 spiro atoms. The van der Waals surface area contributed by atoms with E-state index in [9.17, 15) is 19.7 Å². The predicted molar refractivity (Wildman–Crippen MR) is 98.7 cm³/mol. The third kappa shape index (κ3) is 4.21. The number of anilines is 1. The Kier molecular flexibility index (Phi) is 5.45. The Hall–Kier alpha value is -4.01. The summed E-state index contributed by atoms with van der Waals surface area (Å²) >= 11 is 0. The summed E-state index contributed by atoms with van der Waals surface area (Å²) in [4.78, 5) is 38.6. The zero-order chi connectivity index (χ0) is 20.1. The van der Waals surface area contributed by atoms with Gasteiger partial charge in [-0.2, -0.15) is 0 Å². The molecule has 0 unspecified atom stereocenters. The van der Waals surface area contributed by atoms with Crippen LogP contribution in [0, 0.1) is 17.0 Å². The molecular weight excluding hydrogens is 366 g/mol. The molecule has 2 aromatic carbocycles. The van der Waals surface area contributed by atoms with Gasteiger partial charge in [0.15, 0.2) is 12.3 Å². The molecule has 3 aromatic rings. The summed E-state index contributed by atoms with van der Waals surface area (Å²) in [5, 5.41) is 13.3. The zero-order valence-electron chi connectivity index (χ0n) is 14.7. The van der Waals surface area contributed by atoms with E-state index < -0.39 is 23.4 Å². The van der Waals surface area contributed by atoms with Gasteiger partial charge in [0.05, 0.1) is 4.92 Å². The fraction of sp³-hybridized carbons (Fsp3) is 0.105. The van der Waals surface area contributed by atoms with Crippen molar-refractivity contribution < 1.29 is 23.7 Å². The van der Waals surface area contributed by atoms with Crippen molar-refractivity contribution in [1.82, 2.24) is 4.98 Å². The minimum atomic E-state index is -0.832. The molecule has 0 bridgehead atoms. The van der Waals surface area contributed by atoms with E-state index in [2.05, 4.69) is 10.3 Å². The molecule has 9 heteroatoms. The number of nitro benzene ring substituents is 1. The number of hydrogen-bond acceptors (Lipinski definition) is 7. The fourth-order valence-electron chi connectivity index (χ4n) is 2.41. The molecule has 0 saturated carbocycles. The van der Waals surface area contributed by atoms with Crippen molar-refractivity contribution in [3.63, 3.8) is 0 Å². The lowest BCUT2D eigenvalue weighted by molar-refractivity contribution is -0.383. The number of nitrogens with zero attached hydrogens (tertiary/aromatic N) is 2. The molecule has 0 atom stereocenters. The summed E-state index contributed by atoms with van der Waals surface area (Å²) in [7, 11) is 0. The summed E-state index contributed by atoms with van der Waals surface area (Å²) in [5.41, 5.74) is 0.399. The Morgan fingerprint density at radius 2 is 1.82 bits per heavy atom. The maximum absolute atomic E-state index is 12.2. The molecule has 9 nitrogen and oxygen atoms in total. The number of hydrogen-bond donors (Lipinski definition) is 1. The molecule has 0 aliphatic carbocycles. The first kappa shape index (κ1) is 18.8. The van der Waals surface area contributed by atoms with E-state index in [1.807, 2.05) is 6.07 Å². The van der Waals surface area contributed by atoms with E-state index in [4.69, 9.17) is 9.15 Å². The van der Waals surface area contributed by atoms with E-state index in [0.29, 0.717) is 5.56 Å². The highest BCUT2D eigenvalue weighted by atomic mass is 16.6. The van der Waals surface area contributed by atoms with E-state index in [0.717, 1.165) is 0 Å². The van der Waals surface area contributed by atoms with Gasteiger partial charge in [-0.25, -0.2) is 9.78 Å². The van der Waals surface area contributed by atoms with Crippen LogP contribution in [0.5, 0.6) is 0 Å². The maximum Gasteiger partial charge on any atom is 0.361 e. The maximum atomic E-state index is 12.2. The van der Waals surface area contributed by atoms with Crippen LogP contribution in [0.4, 0.5) is 11.4 Å². The van der Waals surface area contributed by atoms with Crippen LogP contribution < -0.4 is 5.32 Å². The molecule has 142 valence electrons. The second kappa shape index (κ2) is 8.12. The molecule has 0 fully saturated rings. The topological polar surface area (TPSA) is 125 Å². The van der Waals surface area contributed by atoms with Crippen LogP contribution in [0.1, 0.15) is 16.2 Å². The number of nitrogens with one attached hydrogen (secondary N) is 1. The number of aryl methyl sites for hydroxylation is 1. The Morgan fingerprint density at radius 1 is 1.14 bits per heavy atom. The first-order valence-corrected chi connectivity index (χ1v) is 8.19. The third-order valence-corrected chi connectivity index (χ3v) is 3.72. The number of oxazole rings is 1. The minimum absolute atomic E-state index is 0.0116. The molecule has 1 amide bonds. The van der Waals surface area contributed by atoms with Gasteiger partial charge in [0.1, 0.15) is 11.4 Å². The highest BCUT2D eigenvalue weighted by Crippen LogP contribution is 2.23. The molecule has 1 N–H and O–H groups in total. The van der Waals surface area contributed by atoms with Crippen LogP contribution in [0.15, 0.2) is 59.0 Å². The summed E-state index contributed by atoms with van der Waals surface area (Å²) in [5.74, 6) is -1.04. The van der Waals surface area contributed by atoms with Crippen molar-refractivity contribution in [1.29, 1.82) is 0 Å². The van der Waals surface area contributed by atoms with Gasteiger partial charge in [0, 0.05) is 11.6 Å². The van der Waals surface area contributed by atoms with E-state index in [-0.39, 0.29) is 28.7 Å². The molecule has 3 rings (SSSR count). The highest BCUT2D eigenvalue weighted by Gasteiger charge is 2.21. The Balaban J connectivity index is 1.64. The van der Waals surface area contributed by atoms with Crippen molar-refractivity contribution in [2.75, 3.05) is 11.9 Å². The monoisotopic (exact) mass is 381 g/mol. The summed E-state index contributed by atoms with van der Waals surface area (Å²) < 4.78 is 10.4. The number of carbonyl (C=O) groups is 2. The van der Waals surface area contributed by atoms with Crippen LogP contribution in [-0.4, -0.2) is 28.4 Å². The van der Waals surface area contributed by atoms with Gasteiger partial charge in [0.2, 0.25) is 5.89 Å². The average molecular weight is 381 g/mol. The molecule has 0 saturated heterocycles. The first-order valence-electron chi connectivity index (χ1n) is 8.19. The lowest BCUT2D eigenvalue weighted by Crippen LogP contribution is -2.21. The number of ether oxygens (including phenoxy) is 1. The number of rotatable bonds is 6. The van der Waals surface area contributed by atoms with Gasteiger partial charge < -0.3 is 14.5 Å². The average Bonchev–Trinajstić information content (AvgIpc) is 3.09. The van der Waals surface area contributed by atoms with Crippen molar-refractivity contribution in [3.05, 3.63) is 76.2 Å². The van der Waals surface area contributed by atoms with Gasteiger partial charge in [0.25, 0.3) is 11.6 Å². The van der Waals surface area contributed by atoms with Crippen molar-refractivity contribution in [2.24, 2.45) is 0 Å². The van der Waals surface area contributed by atoms with Crippen molar-refractivity contribution in [2.45, 2.75) is 6.92 Å². The Labute approximate surface area is 159 Å². The second-order valence-electron chi connectivity index (χ2n) is 5.69. The Bertz CT molecular complexity index is 1030. The number of benzene rings is 2. The first-order chi connectivity index (χ1) is 13.5. The number of nitro groups is 1. The summed E-state index contributed by atoms with van der Waals surface area (Å²) in [6.07, 6.45) is 0. The molecule has 1 heterocycles. The molecule has 0 radical (unpaired) electrons. The minimum Gasteiger partial charge on any atom is -0.451 e. The normalized spacial score (nSPS) is 10.3. The largest absolute Gasteiger partial charge is 0.451 e. The van der Waals surface area contributed by atoms with Gasteiger partial charge in [-0.1, -0.05) is 30.3 Å². The van der Waals surface area contributed by atoms with E-state index in [1.165, 1.54) is 18.2 Å². The van der Waals surface area contributed by atoms with Crippen molar-refractivity contribution in [3.8, 4) is 11.5 Å². The Morgan fingerprint density at radius 3 is 2.54 bits per heavy atom. The lowest BCUT2D eigenvalue weighted by atomic mass is 10.2. The van der Waals surface area contributed by atoms with Crippen LogP contribution in [0.25, 0.3) is 11.5 Å². The van der Waals surface area contributed by atoms with Gasteiger partial charge in [-0.05, 0) is 25.1 Å². The predicted octanol–water partition coefficient (Wildman–Crippen LogP) is 3.35. The number of para-hydroxylation sites is 2. The SMILES string of the molecule is Cc1oc(-c2ccccc2)nc1C(=O)OCC(=O)Nc1ccccc1[N+](=O)[O-]. The number of aromatic nitrogens is 1. The summed E-state index contributed by atoms with van der Waals surface area (Å²) in [6.45, 7) is 0.932. The number of amides is 1. The van der Waals surface area contributed by atoms with Crippen molar-refractivity contribution >= 4 is 23.3 Å². The zero-order valence-corrected chi connectivity index (χ0v) is 14.7. The number of carbonyl (C=O) groups excluding carboxylic acids is 2. The van der Waals surface area contributed by atoms with Crippen LogP contribution in [0.2, 0.25) is 0 Å². The van der Waals surface area contributed by atoms with Crippen LogP contribution >= 0.6 is 0 Å². The van der Waals surface area contributed by atoms with Gasteiger partial charge in [-0.3, -0.25) is 14.9 Å². The highest BCUT2D eigenvalue weighted by molar-refractivity contribution is 5.96. The lowest BCUT2D eigenvalue weighted by Gasteiger charge is -2.06. The smallest absolute Gasteiger partial charge is 0.361 e. The molecular formula is C19H15N3O6. The third-order valence-electron chi connectivity index (χ3n) is 3.72. The fourth-order valence-corrected chi connectivity index (χ4v) is 2.41. The van der Waals surface area contributed by atoms with E-state index >= 15 is 0 Å². The van der Waals surface area contributed by atoms with Crippen LogP contribution in [-0.2, 0) is 9.53 Å². The standard InChI is InChI=1S/C19H15N3O6/c1-12-17(21-18(28-12)13-7-3-2-4-8-13)19(24)27-11-16(23)20-14-9-5-6-10-15(14)22(25)26/h2-10H,11H2,1H3,(H,20,23). The van der Waals surface area contributed by atoms with Gasteiger partial charge in [-0.15, -0.1) is 0 Å². The molecule has 28 heavy (non-hydrogen) atoms. The summed E-state index contributed by atoms with van der Waals surface area (Å²) in [6, 6.07) is 14.7. The number of esters is 1. The molecule has 1 aromatic heterocycles. The molecule has 0 aliphatic rings. The molecule has 0 aliphatic heterocycles. The van der Waals surface area contributed by atoms with Gasteiger partial charge >= 0.3 is 5.97 Å². The second-order valence-corrected chi connectivity index (χ2v) is 5.69. The van der Waals surface area contributed by atoms with Crippen LogP contribution in [0.3, 0.4) is 0 Å². The quantitative estimate of drug-likeness (QED) is 0.394.